The van der Waals surface area contributed by atoms with Gasteiger partial charge in [0, 0.05) is 15.6 Å². The molecule has 4 rings (SSSR count). The van der Waals surface area contributed by atoms with Crippen LogP contribution >= 0.6 is 22.9 Å². The number of amides is 1. The Morgan fingerprint density at radius 2 is 2.15 bits per heavy atom. The van der Waals surface area contributed by atoms with Gasteiger partial charge in [-0.3, -0.25) is 4.79 Å². The molecule has 1 amide bonds. The molecule has 0 saturated carbocycles. The van der Waals surface area contributed by atoms with Crippen molar-refractivity contribution < 1.29 is 4.79 Å². The van der Waals surface area contributed by atoms with Gasteiger partial charge < -0.3 is 5.32 Å². The fourth-order valence-electron chi connectivity index (χ4n) is 2.77. The number of hydrogen-bond acceptors (Lipinski definition) is 5. The van der Waals surface area contributed by atoms with Gasteiger partial charge in [-0.2, -0.15) is 0 Å². The van der Waals surface area contributed by atoms with Crippen molar-refractivity contribution in [2.75, 3.05) is 5.32 Å². The van der Waals surface area contributed by atoms with Gasteiger partial charge in [0.15, 0.2) is 5.65 Å². The number of nitrogens with one attached hydrogen (secondary N) is 1. The molecule has 0 fully saturated rings. The predicted octanol–water partition coefficient (Wildman–Crippen LogP) is 3.01. The Kier molecular flexibility index (Phi) is 4.01. The van der Waals surface area contributed by atoms with Crippen molar-refractivity contribution in [2.24, 2.45) is 0 Å². The molecule has 0 aliphatic heterocycles. The van der Waals surface area contributed by atoms with Crippen LogP contribution in [0.5, 0.6) is 0 Å². The lowest BCUT2D eigenvalue weighted by atomic mass is 10.2. The van der Waals surface area contributed by atoms with Crippen LogP contribution in [0.4, 0.5) is 5.69 Å². The fraction of sp³-hybridized carbons (Fsp3) is 0.176. The minimum absolute atomic E-state index is 0.198. The van der Waals surface area contributed by atoms with Crippen LogP contribution < -0.4 is 11.0 Å². The molecule has 0 aliphatic carbocycles. The highest BCUT2D eigenvalue weighted by Crippen LogP contribution is 2.30. The van der Waals surface area contributed by atoms with E-state index in [0.717, 1.165) is 25.3 Å². The summed E-state index contributed by atoms with van der Waals surface area (Å²) in [5, 5.41) is 8.44. The van der Waals surface area contributed by atoms with Crippen molar-refractivity contribution in [3.05, 3.63) is 56.5 Å². The predicted molar refractivity (Wildman–Crippen MR) is 102 cm³/mol. The Morgan fingerprint density at radius 3 is 2.92 bits per heavy atom. The number of hydrogen-bond donors (Lipinski definition) is 1. The van der Waals surface area contributed by atoms with Crippen molar-refractivity contribution in [2.45, 2.75) is 20.4 Å². The van der Waals surface area contributed by atoms with Crippen molar-refractivity contribution in [1.82, 2.24) is 19.2 Å². The Morgan fingerprint density at radius 1 is 1.35 bits per heavy atom. The van der Waals surface area contributed by atoms with Crippen LogP contribution in [0.25, 0.3) is 15.9 Å². The highest BCUT2D eigenvalue weighted by molar-refractivity contribution is 7.18. The maximum Gasteiger partial charge on any atom is 0.352 e. The second kappa shape index (κ2) is 6.22. The molecular formula is C17H14ClN5O2S. The standard InChI is InChI=1S/C17H14ClN5O2S/c1-9-10(2)26-16-14(9)15-21-23(17(25)22(15)8-19-16)7-13(24)20-12-5-3-4-11(18)6-12/h3-6,8H,7H2,1-2H3,(H,20,24). The maximum atomic E-state index is 12.6. The van der Waals surface area contributed by atoms with Crippen molar-refractivity contribution in [1.29, 1.82) is 0 Å². The summed E-state index contributed by atoms with van der Waals surface area (Å²) in [7, 11) is 0. The molecule has 1 N–H and O–H groups in total. The van der Waals surface area contributed by atoms with Crippen LogP contribution in [0.3, 0.4) is 0 Å². The number of carbonyl (C=O) groups is 1. The first-order valence-electron chi connectivity index (χ1n) is 7.83. The summed E-state index contributed by atoms with van der Waals surface area (Å²) in [6, 6.07) is 6.81. The van der Waals surface area contributed by atoms with Crippen LogP contribution in [0, 0.1) is 13.8 Å². The van der Waals surface area contributed by atoms with Crippen LogP contribution in [0.2, 0.25) is 5.02 Å². The third-order valence-corrected chi connectivity index (χ3v) is 5.50. The van der Waals surface area contributed by atoms with E-state index in [4.69, 9.17) is 11.6 Å². The van der Waals surface area contributed by atoms with Gasteiger partial charge in [0.2, 0.25) is 5.91 Å². The summed E-state index contributed by atoms with van der Waals surface area (Å²) in [6.07, 6.45) is 1.45. The number of nitrogens with zero attached hydrogens (tertiary/aromatic N) is 4. The van der Waals surface area contributed by atoms with E-state index >= 15 is 0 Å². The molecule has 0 bridgehead atoms. The monoisotopic (exact) mass is 387 g/mol. The molecule has 0 saturated heterocycles. The lowest BCUT2D eigenvalue weighted by molar-refractivity contribution is -0.117. The summed E-state index contributed by atoms with van der Waals surface area (Å²) in [5.41, 5.74) is 1.72. The molecule has 3 heterocycles. The minimum atomic E-state index is -0.404. The smallest absolute Gasteiger partial charge is 0.324 e. The molecule has 132 valence electrons. The van der Waals surface area contributed by atoms with E-state index in [-0.39, 0.29) is 12.5 Å². The van der Waals surface area contributed by atoms with Crippen molar-refractivity contribution >= 4 is 50.4 Å². The van der Waals surface area contributed by atoms with Crippen molar-refractivity contribution in [3.63, 3.8) is 0 Å². The summed E-state index contributed by atoms with van der Waals surface area (Å²) >= 11 is 7.47. The molecule has 0 spiro atoms. The summed E-state index contributed by atoms with van der Waals surface area (Å²) in [6.45, 7) is 3.79. The number of carbonyl (C=O) groups excluding carboxylic acids is 1. The first kappa shape index (κ1) is 16.7. The normalized spacial score (nSPS) is 11.3. The SMILES string of the molecule is Cc1sc2ncn3c(=O)n(CC(=O)Nc4cccc(Cl)c4)nc3c2c1C. The zero-order chi connectivity index (χ0) is 18.4. The van der Waals surface area contributed by atoms with Gasteiger partial charge in [-0.1, -0.05) is 17.7 Å². The topological polar surface area (TPSA) is 81.3 Å². The Labute approximate surface area is 156 Å². The minimum Gasteiger partial charge on any atom is -0.324 e. The van der Waals surface area contributed by atoms with Gasteiger partial charge >= 0.3 is 5.69 Å². The third-order valence-electron chi connectivity index (χ3n) is 4.15. The van der Waals surface area contributed by atoms with E-state index in [0.29, 0.717) is 16.4 Å². The largest absolute Gasteiger partial charge is 0.352 e. The van der Waals surface area contributed by atoms with Crippen molar-refractivity contribution in [3.8, 4) is 0 Å². The molecule has 0 unspecified atom stereocenters. The van der Waals surface area contributed by atoms with Gasteiger partial charge in [-0.15, -0.1) is 16.4 Å². The second-order valence-corrected chi connectivity index (χ2v) is 7.54. The molecule has 1 aromatic carbocycles. The molecule has 9 heteroatoms. The third kappa shape index (κ3) is 2.77. The molecule has 0 atom stereocenters. The lowest BCUT2D eigenvalue weighted by Crippen LogP contribution is -2.28. The number of aromatic nitrogens is 4. The maximum absolute atomic E-state index is 12.6. The van der Waals surface area contributed by atoms with E-state index in [2.05, 4.69) is 15.4 Å². The van der Waals surface area contributed by atoms with Gasteiger partial charge in [0.05, 0.1) is 5.39 Å². The fourth-order valence-corrected chi connectivity index (χ4v) is 3.96. The van der Waals surface area contributed by atoms with Crippen LogP contribution in [0.1, 0.15) is 10.4 Å². The number of rotatable bonds is 3. The molecule has 4 aromatic rings. The zero-order valence-electron chi connectivity index (χ0n) is 14.0. The van der Waals surface area contributed by atoms with Gasteiger partial charge in [0.1, 0.15) is 17.7 Å². The number of halogens is 1. The first-order chi connectivity index (χ1) is 12.4. The summed E-state index contributed by atoms with van der Waals surface area (Å²) in [5.74, 6) is -0.361. The van der Waals surface area contributed by atoms with Gasteiger partial charge in [-0.25, -0.2) is 18.9 Å². The van der Waals surface area contributed by atoms with Gasteiger partial charge in [-0.05, 0) is 37.6 Å². The number of aryl methyl sites for hydroxylation is 2. The van der Waals surface area contributed by atoms with Crippen LogP contribution in [0.15, 0.2) is 35.4 Å². The molecule has 0 radical (unpaired) electrons. The molecule has 26 heavy (non-hydrogen) atoms. The average Bonchev–Trinajstić information content (AvgIpc) is 3.05. The Hall–Kier alpha value is -2.71. The van der Waals surface area contributed by atoms with Crippen LogP contribution in [-0.2, 0) is 11.3 Å². The number of fused-ring (bicyclic) bond motifs is 3. The van der Waals surface area contributed by atoms with Crippen LogP contribution in [-0.4, -0.2) is 25.1 Å². The van der Waals surface area contributed by atoms with Gasteiger partial charge in [0.25, 0.3) is 0 Å². The second-order valence-electron chi connectivity index (χ2n) is 5.90. The number of thiophene rings is 1. The molecule has 7 nitrogen and oxygen atoms in total. The lowest BCUT2D eigenvalue weighted by Gasteiger charge is -2.04. The molecular weight excluding hydrogens is 374 g/mol. The summed E-state index contributed by atoms with van der Waals surface area (Å²) in [4.78, 5) is 31.1. The van der Waals surface area contributed by atoms with E-state index in [1.165, 1.54) is 10.7 Å². The summed E-state index contributed by atoms with van der Waals surface area (Å²) < 4.78 is 2.51. The molecule has 0 aliphatic rings. The molecule has 3 aromatic heterocycles. The Balaban J connectivity index is 1.70. The highest BCUT2D eigenvalue weighted by Gasteiger charge is 2.17. The van der Waals surface area contributed by atoms with E-state index < -0.39 is 5.69 Å². The zero-order valence-corrected chi connectivity index (χ0v) is 15.6. The van der Waals surface area contributed by atoms with E-state index in [9.17, 15) is 9.59 Å². The van der Waals surface area contributed by atoms with E-state index in [1.54, 1.807) is 35.6 Å². The number of benzene rings is 1. The quantitative estimate of drug-likeness (QED) is 0.586. The Bertz CT molecular complexity index is 1220. The number of anilines is 1. The first-order valence-corrected chi connectivity index (χ1v) is 9.03. The highest BCUT2D eigenvalue weighted by atomic mass is 35.5. The van der Waals surface area contributed by atoms with E-state index in [1.807, 2.05) is 13.8 Å². The average molecular weight is 388 g/mol.